The lowest BCUT2D eigenvalue weighted by Crippen LogP contribution is -2.29. The van der Waals surface area contributed by atoms with Crippen LogP contribution in [0, 0.1) is 5.92 Å². The summed E-state index contributed by atoms with van der Waals surface area (Å²) in [6.07, 6.45) is 3.00. The maximum atomic E-state index is 12.0. The number of phenols is 1. The molecule has 1 aromatic rings. The summed E-state index contributed by atoms with van der Waals surface area (Å²) < 4.78 is 0.743. The van der Waals surface area contributed by atoms with Crippen LogP contribution in [0.15, 0.2) is 22.7 Å². The number of benzene rings is 1. The van der Waals surface area contributed by atoms with Gasteiger partial charge in [-0.25, -0.2) is 0 Å². The molecule has 0 spiro atoms. The van der Waals surface area contributed by atoms with Gasteiger partial charge in [-0.3, -0.25) is 4.79 Å². The molecule has 1 atom stereocenters. The van der Waals surface area contributed by atoms with Crippen LogP contribution in [0.1, 0.15) is 36.5 Å². The first kappa shape index (κ1) is 16.3. The normalized spacial score (nSPS) is 12.2. The lowest BCUT2D eigenvalue weighted by Gasteiger charge is -2.15. The van der Waals surface area contributed by atoms with Crippen LogP contribution >= 0.6 is 27.5 Å². The van der Waals surface area contributed by atoms with Crippen LogP contribution in [0.3, 0.4) is 0 Å². The molecular weight excluding hydrogens is 330 g/mol. The van der Waals surface area contributed by atoms with E-state index in [9.17, 15) is 9.90 Å². The topological polar surface area (TPSA) is 49.3 Å². The highest BCUT2D eigenvalue weighted by atomic mass is 79.9. The van der Waals surface area contributed by atoms with Crippen molar-refractivity contribution >= 4 is 33.4 Å². The maximum absolute atomic E-state index is 12.0. The number of halogens is 2. The second-order valence-corrected chi connectivity index (χ2v) is 5.80. The number of phenolic OH excluding ortho intramolecular Hbond substituents is 1. The second kappa shape index (κ2) is 8.43. The van der Waals surface area contributed by atoms with Crippen LogP contribution in [-0.2, 0) is 0 Å². The van der Waals surface area contributed by atoms with Gasteiger partial charge >= 0.3 is 0 Å². The van der Waals surface area contributed by atoms with Crippen molar-refractivity contribution in [3.05, 3.63) is 28.2 Å². The standard InChI is InChI=1S/C14H19BrClNO2/c1-2-3-10(6-7-16)9-17-14(19)12-5-4-11(15)8-13(12)18/h4-5,8,10,18H,2-3,6-7,9H2,1H3,(H,17,19). The Morgan fingerprint density at radius 2 is 2.21 bits per heavy atom. The Bertz CT molecular complexity index is 420. The molecule has 0 aliphatic rings. The van der Waals surface area contributed by atoms with Gasteiger partial charge in [-0.15, -0.1) is 11.6 Å². The van der Waals surface area contributed by atoms with Gasteiger partial charge < -0.3 is 10.4 Å². The smallest absolute Gasteiger partial charge is 0.255 e. The van der Waals surface area contributed by atoms with Gasteiger partial charge in [-0.2, -0.15) is 0 Å². The summed E-state index contributed by atoms with van der Waals surface area (Å²) >= 11 is 8.99. The van der Waals surface area contributed by atoms with Crippen LogP contribution in [-0.4, -0.2) is 23.4 Å². The van der Waals surface area contributed by atoms with Crippen LogP contribution < -0.4 is 5.32 Å². The third-order valence-electron chi connectivity index (χ3n) is 2.97. The molecule has 5 heteroatoms. The van der Waals surface area contributed by atoms with E-state index in [0.717, 1.165) is 23.7 Å². The molecule has 0 fully saturated rings. The van der Waals surface area contributed by atoms with Gasteiger partial charge in [-0.05, 0) is 37.0 Å². The Morgan fingerprint density at radius 1 is 1.47 bits per heavy atom. The Morgan fingerprint density at radius 3 is 2.79 bits per heavy atom. The van der Waals surface area contributed by atoms with E-state index >= 15 is 0 Å². The minimum absolute atomic E-state index is 0.0174. The van der Waals surface area contributed by atoms with Crippen LogP contribution in [0.4, 0.5) is 0 Å². The molecule has 3 nitrogen and oxygen atoms in total. The molecule has 106 valence electrons. The van der Waals surface area contributed by atoms with Gasteiger partial charge in [0, 0.05) is 16.9 Å². The number of aromatic hydroxyl groups is 1. The van der Waals surface area contributed by atoms with E-state index in [1.165, 1.54) is 6.07 Å². The van der Waals surface area contributed by atoms with Crippen LogP contribution in [0.5, 0.6) is 5.75 Å². The fraction of sp³-hybridized carbons (Fsp3) is 0.500. The molecule has 0 heterocycles. The van der Waals surface area contributed by atoms with Gasteiger partial charge in [0.25, 0.3) is 5.91 Å². The summed E-state index contributed by atoms with van der Waals surface area (Å²) in [4.78, 5) is 12.0. The summed E-state index contributed by atoms with van der Waals surface area (Å²) in [6, 6.07) is 4.85. The molecule has 19 heavy (non-hydrogen) atoms. The van der Waals surface area contributed by atoms with Crippen molar-refractivity contribution in [2.24, 2.45) is 5.92 Å². The molecule has 0 saturated carbocycles. The third-order valence-corrected chi connectivity index (χ3v) is 3.68. The molecule has 1 unspecified atom stereocenters. The molecule has 0 bridgehead atoms. The van der Waals surface area contributed by atoms with Crippen molar-refractivity contribution in [3.8, 4) is 5.75 Å². The fourth-order valence-corrected chi connectivity index (χ4v) is 2.60. The van der Waals surface area contributed by atoms with Gasteiger partial charge in [0.15, 0.2) is 0 Å². The number of amides is 1. The molecule has 1 aromatic carbocycles. The molecule has 0 aliphatic heterocycles. The van der Waals surface area contributed by atoms with Crippen molar-refractivity contribution in [1.29, 1.82) is 0 Å². The van der Waals surface area contributed by atoms with Crippen LogP contribution in [0.2, 0.25) is 0 Å². The predicted molar refractivity (Wildman–Crippen MR) is 81.9 cm³/mol. The number of rotatable bonds is 7. The molecule has 0 radical (unpaired) electrons. The van der Waals surface area contributed by atoms with Crippen molar-refractivity contribution in [1.82, 2.24) is 5.32 Å². The molecule has 2 N–H and O–H groups in total. The lowest BCUT2D eigenvalue weighted by atomic mass is 10.0. The molecule has 0 aromatic heterocycles. The maximum Gasteiger partial charge on any atom is 0.255 e. The Labute approximate surface area is 127 Å². The Kier molecular flexibility index (Phi) is 7.24. The van der Waals surface area contributed by atoms with Crippen molar-refractivity contribution < 1.29 is 9.90 Å². The van der Waals surface area contributed by atoms with E-state index in [-0.39, 0.29) is 11.7 Å². The van der Waals surface area contributed by atoms with E-state index < -0.39 is 0 Å². The average molecular weight is 349 g/mol. The van der Waals surface area contributed by atoms with E-state index in [2.05, 4.69) is 28.2 Å². The number of carbonyl (C=O) groups excluding carboxylic acids is 1. The number of alkyl halides is 1. The van der Waals surface area contributed by atoms with E-state index in [1.807, 2.05) is 0 Å². The average Bonchev–Trinajstić information content (AvgIpc) is 2.36. The summed E-state index contributed by atoms with van der Waals surface area (Å²) in [7, 11) is 0. The first-order valence-electron chi connectivity index (χ1n) is 6.41. The molecule has 0 saturated heterocycles. The molecular formula is C14H19BrClNO2. The zero-order chi connectivity index (χ0) is 14.3. The minimum Gasteiger partial charge on any atom is -0.507 e. The minimum atomic E-state index is -0.249. The number of hydrogen-bond donors (Lipinski definition) is 2. The highest BCUT2D eigenvalue weighted by molar-refractivity contribution is 9.10. The Hall–Kier alpha value is -0.740. The summed E-state index contributed by atoms with van der Waals surface area (Å²) in [6.45, 7) is 2.71. The molecule has 1 rings (SSSR count). The summed E-state index contributed by atoms with van der Waals surface area (Å²) in [5.41, 5.74) is 0.296. The quantitative estimate of drug-likeness (QED) is 0.734. The summed E-state index contributed by atoms with van der Waals surface area (Å²) in [5.74, 6) is 0.727. The second-order valence-electron chi connectivity index (χ2n) is 4.50. The van der Waals surface area contributed by atoms with Gasteiger partial charge in [0.1, 0.15) is 5.75 Å². The fourth-order valence-electron chi connectivity index (χ4n) is 1.94. The zero-order valence-corrected chi connectivity index (χ0v) is 13.3. The van der Waals surface area contributed by atoms with Crippen molar-refractivity contribution in [3.63, 3.8) is 0 Å². The van der Waals surface area contributed by atoms with E-state index in [4.69, 9.17) is 11.6 Å². The highest BCUT2D eigenvalue weighted by Gasteiger charge is 2.13. The number of hydrogen-bond acceptors (Lipinski definition) is 2. The van der Waals surface area contributed by atoms with E-state index in [1.54, 1.807) is 12.1 Å². The first-order valence-corrected chi connectivity index (χ1v) is 7.73. The summed E-state index contributed by atoms with van der Waals surface area (Å²) in [5, 5.41) is 12.6. The number of carbonyl (C=O) groups is 1. The third kappa shape index (κ3) is 5.41. The highest BCUT2D eigenvalue weighted by Crippen LogP contribution is 2.22. The van der Waals surface area contributed by atoms with Crippen molar-refractivity contribution in [2.75, 3.05) is 12.4 Å². The van der Waals surface area contributed by atoms with Gasteiger partial charge in [-0.1, -0.05) is 29.3 Å². The van der Waals surface area contributed by atoms with Gasteiger partial charge in [0.05, 0.1) is 5.56 Å². The van der Waals surface area contributed by atoms with E-state index in [0.29, 0.717) is 23.9 Å². The Balaban J connectivity index is 2.58. The zero-order valence-electron chi connectivity index (χ0n) is 11.0. The van der Waals surface area contributed by atoms with Gasteiger partial charge in [0.2, 0.25) is 0 Å². The monoisotopic (exact) mass is 347 g/mol. The van der Waals surface area contributed by atoms with Crippen LogP contribution in [0.25, 0.3) is 0 Å². The largest absolute Gasteiger partial charge is 0.507 e. The first-order chi connectivity index (χ1) is 9.08. The molecule has 0 aliphatic carbocycles. The predicted octanol–water partition coefficient (Wildman–Crippen LogP) is 3.93. The van der Waals surface area contributed by atoms with Crippen molar-refractivity contribution in [2.45, 2.75) is 26.2 Å². The molecule has 1 amide bonds. The SMILES string of the molecule is CCCC(CCCl)CNC(=O)c1ccc(Br)cc1O. The lowest BCUT2D eigenvalue weighted by molar-refractivity contribution is 0.0943. The number of nitrogens with one attached hydrogen (secondary N) is 1.